The Morgan fingerprint density at radius 1 is 0.957 bits per heavy atom. The number of nitrogens with zero attached hydrogens (tertiary/aromatic N) is 1. The fourth-order valence-electron chi connectivity index (χ4n) is 2.89. The van der Waals surface area contributed by atoms with E-state index in [9.17, 15) is 0 Å². The van der Waals surface area contributed by atoms with Gasteiger partial charge in [0.05, 0.1) is 18.7 Å². The van der Waals surface area contributed by atoms with Gasteiger partial charge >= 0.3 is 0 Å². The van der Waals surface area contributed by atoms with Crippen molar-refractivity contribution in [3.63, 3.8) is 0 Å². The number of ether oxygens (including phenoxy) is 1. The number of fused-ring (bicyclic) bond motifs is 1. The highest BCUT2D eigenvalue weighted by atomic mass is 16.5. The van der Waals surface area contributed by atoms with Crippen molar-refractivity contribution in [1.82, 2.24) is 4.98 Å². The zero-order chi connectivity index (χ0) is 16.6. The van der Waals surface area contributed by atoms with Gasteiger partial charge in [0.25, 0.3) is 5.65 Å². The molecule has 0 amide bonds. The van der Waals surface area contributed by atoms with Crippen LogP contribution in [0.3, 0.4) is 0 Å². The molecule has 0 saturated heterocycles. The van der Waals surface area contributed by atoms with E-state index < -0.39 is 0 Å². The van der Waals surface area contributed by atoms with Crippen molar-refractivity contribution >= 4 is 11.0 Å². The number of pyridine rings is 1. The standard InChI is InChI=1S/C20H24N2O/c1-13(2)15-6-7-19(23-5)18(11-15)22-12-17(14(3)4)10-16-8-9-21-20(16)22/h6-14H,1-5H3/p+1. The number of nitrogens with one attached hydrogen (secondary N) is 1. The molecule has 23 heavy (non-hydrogen) atoms. The average molecular weight is 309 g/mol. The van der Waals surface area contributed by atoms with Crippen LogP contribution in [0.2, 0.25) is 0 Å². The minimum atomic E-state index is 0.472. The highest BCUT2D eigenvalue weighted by Crippen LogP contribution is 2.26. The molecular weight excluding hydrogens is 284 g/mol. The van der Waals surface area contributed by atoms with Crippen LogP contribution in [0, 0.1) is 0 Å². The Morgan fingerprint density at radius 2 is 1.70 bits per heavy atom. The molecule has 0 atom stereocenters. The Hall–Kier alpha value is -2.29. The number of H-pyrrole nitrogens is 1. The first-order valence-corrected chi connectivity index (χ1v) is 8.22. The molecule has 0 spiro atoms. The van der Waals surface area contributed by atoms with Gasteiger partial charge in [0, 0.05) is 0 Å². The third-order valence-corrected chi connectivity index (χ3v) is 4.39. The lowest BCUT2D eigenvalue weighted by Gasteiger charge is -2.13. The zero-order valence-corrected chi connectivity index (χ0v) is 14.6. The molecule has 0 aliphatic carbocycles. The lowest BCUT2D eigenvalue weighted by Crippen LogP contribution is -2.33. The summed E-state index contributed by atoms with van der Waals surface area (Å²) in [7, 11) is 1.73. The van der Waals surface area contributed by atoms with Crippen LogP contribution in [-0.2, 0) is 0 Å². The summed E-state index contributed by atoms with van der Waals surface area (Å²) in [6.45, 7) is 8.87. The summed E-state index contributed by atoms with van der Waals surface area (Å²) >= 11 is 0. The third-order valence-electron chi connectivity index (χ3n) is 4.39. The van der Waals surface area contributed by atoms with E-state index in [0.29, 0.717) is 11.8 Å². The molecule has 0 saturated carbocycles. The Labute approximate surface area is 137 Å². The van der Waals surface area contributed by atoms with Crippen LogP contribution in [0.15, 0.2) is 42.7 Å². The number of hydrogen-bond donors (Lipinski definition) is 1. The maximum absolute atomic E-state index is 5.63. The molecule has 3 aromatic rings. The fourth-order valence-corrected chi connectivity index (χ4v) is 2.89. The third kappa shape index (κ3) is 2.83. The van der Waals surface area contributed by atoms with Crippen LogP contribution in [0.5, 0.6) is 5.75 Å². The van der Waals surface area contributed by atoms with E-state index in [1.165, 1.54) is 16.5 Å². The summed E-state index contributed by atoms with van der Waals surface area (Å²) in [4.78, 5) is 3.36. The summed E-state index contributed by atoms with van der Waals surface area (Å²) in [6, 6.07) is 10.8. The van der Waals surface area contributed by atoms with Crippen molar-refractivity contribution in [2.45, 2.75) is 39.5 Å². The van der Waals surface area contributed by atoms with Crippen molar-refractivity contribution < 1.29 is 9.30 Å². The van der Waals surface area contributed by atoms with Gasteiger partial charge in [0.1, 0.15) is 6.20 Å². The summed E-state index contributed by atoms with van der Waals surface area (Å²) in [5.74, 6) is 1.84. The molecule has 0 bridgehead atoms. The van der Waals surface area contributed by atoms with Crippen LogP contribution in [0.25, 0.3) is 16.7 Å². The molecule has 0 aliphatic heterocycles. The van der Waals surface area contributed by atoms with Gasteiger partial charge in [-0.2, -0.15) is 4.57 Å². The Morgan fingerprint density at radius 3 is 2.35 bits per heavy atom. The second kappa shape index (κ2) is 6.07. The van der Waals surface area contributed by atoms with Gasteiger partial charge in [-0.3, -0.25) is 0 Å². The maximum Gasteiger partial charge on any atom is 0.291 e. The van der Waals surface area contributed by atoms with E-state index >= 15 is 0 Å². The normalized spacial score (nSPS) is 11.6. The predicted molar refractivity (Wildman–Crippen MR) is 94.6 cm³/mol. The highest BCUT2D eigenvalue weighted by Gasteiger charge is 2.19. The average Bonchev–Trinajstić information content (AvgIpc) is 3.01. The molecule has 3 heteroatoms. The van der Waals surface area contributed by atoms with Gasteiger partial charge < -0.3 is 4.74 Å². The SMILES string of the molecule is COc1ccc(C(C)C)cc1-[n+]1cc(C(C)C)cc2cc[nH]c21. The largest absolute Gasteiger partial charge is 0.492 e. The Kier molecular flexibility index (Phi) is 4.12. The maximum atomic E-state index is 5.63. The molecule has 0 fully saturated rings. The first-order valence-electron chi connectivity index (χ1n) is 8.22. The smallest absolute Gasteiger partial charge is 0.291 e. The quantitative estimate of drug-likeness (QED) is 0.695. The first kappa shape index (κ1) is 15.6. The summed E-state index contributed by atoms with van der Waals surface area (Å²) in [5, 5.41) is 1.22. The molecule has 2 aromatic heterocycles. The van der Waals surface area contributed by atoms with Gasteiger partial charge in [-0.05, 0) is 47.2 Å². The van der Waals surface area contributed by atoms with Gasteiger partial charge in [0.15, 0.2) is 11.4 Å². The van der Waals surface area contributed by atoms with Gasteiger partial charge in [0.2, 0.25) is 0 Å². The molecule has 120 valence electrons. The molecule has 3 rings (SSSR count). The molecular formula is C20H25N2O+. The van der Waals surface area contributed by atoms with E-state index in [-0.39, 0.29) is 0 Å². The number of rotatable bonds is 4. The fraction of sp³-hybridized carbons (Fsp3) is 0.350. The van der Waals surface area contributed by atoms with E-state index in [4.69, 9.17) is 4.74 Å². The lowest BCUT2D eigenvalue weighted by molar-refractivity contribution is -0.570. The summed E-state index contributed by atoms with van der Waals surface area (Å²) in [5.41, 5.74) is 4.79. The molecule has 1 N–H and O–H groups in total. The topological polar surface area (TPSA) is 28.9 Å². The highest BCUT2D eigenvalue weighted by molar-refractivity contribution is 5.73. The molecule has 1 aromatic carbocycles. The Balaban J connectivity index is 2.30. The minimum Gasteiger partial charge on any atom is -0.492 e. The van der Waals surface area contributed by atoms with Crippen molar-refractivity contribution in [3.8, 4) is 11.4 Å². The Bertz CT molecular complexity index is 831. The zero-order valence-electron chi connectivity index (χ0n) is 14.6. The number of hydrogen-bond acceptors (Lipinski definition) is 1. The number of methoxy groups -OCH3 is 1. The summed E-state index contributed by atoms with van der Waals surface area (Å²) < 4.78 is 7.84. The first-order chi connectivity index (χ1) is 11.0. The number of benzene rings is 1. The van der Waals surface area contributed by atoms with E-state index in [0.717, 1.165) is 17.1 Å². The molecule has 0 radical (unpaired) electrons. The van der Waals surface area contributed by atoms with Crippen LogP contribution in [0.1, 0.15) is 50.7 Å². The van der Waals surface area contributed by atoms with Crippen LogP contribution >= 0.6 is 0 Å². The van der Waals surface area contributed by atoms with E-state index in [2.05, 4.69) is 73.8 Å². The second-order valence-electron chi connectivity index (χ2n) is 6.67. The second-order valence-corrected chi connectivity index (χ2v) is 6.67. The van der Waals surface area contributed by atoms with Gasteiger partial charge in [-0.15, -0.1) is 0 Å². The van der Waals surface area contributed by atoms with Crippen molar-refractivity contribution in [2.75, 3.05) is 7.11 Å². The van der Waals surface area contributed by atoms with Crippen LogP contribution < -0.4 is 9.30 Å². The number of aromatic amines is 1. The van der Waals surface area contributed by atoms with Crippen LogP contribution in [0.4, 0.5) is 0 Å². The van der Waals surface area contributed by atoms with Crippen molar-refractivity contribution in [1.29, 1.82) is 0 Å². The van der Waals surface area contributed by atoms with E-state index in [1.54, 1.807) is 7.11 Å². The molecule has 0 aliphatic rings. The predicted octanol–water partition coefficient (Wildman–Crippen LogP) is 4.70. The van der Waals surface area contributed by atoms with Crippen molar-refractivity contribution in [3.05, 3.63) is 53.9 Å². The van der Waals surface area contributed by atoms with Crippen LogP contribution in [-0.4, -0.2) is 12.1 Å². The van der Waals surface area contributed by atoms with Gasteiger partial charge in [-0.1, -0.05) is 33.8 Å². The minimum absolute atomic E-state index is 0.472. The molecule has 0 unspecified atom stereocenters. The van der Waals surface area contributed by atoms with E-state index in [1.807, 2.05) is 6.20 Å². The van der Waals surface area contributed by atoms with Crippen molar-refractivity contribution in [2.24, 2.45) is 0 Å². The molecule has 3 nitrogen and oxygen atoms in total. The molecule has 2 heterocycles. The summed E-state index contributed by atoms with van der Waals surface area (Å²) in [6.07, 6.45) is 4.20. The van der Waals surface area contributed by atoms with Gasteiger partial charge in [-0.25, -0.2) is 4.98 Å². The number of aromatic nitrogens is 2. The monoisotopic (exact) mass is 309 g/mol. The lowest BCUT2D eigenvalue weighted by atomic mass is 10.0.